The molecule has 1 heterocycles. The van der Waals surface area contributed by atoms with E-state index in [0.29, 0.717) is 0 Å². The molecule has 7 heteroatoms. The summed E-state index contributed by atoms with van der Waals surface area (Å²) < 4.78 is 5.82. The number of benzene rings is 2. The minimum atomic E-state index is -0.411. The van der Waals surface area contributed by atoms with Crippen molar-refractivity contribution in [3.05, 3.63) is 58.6 Å². The molecule has 0 N–H and O–H groups in total. The molecule has 0 aliphatic carbocycles. The molecule has 0 bridgehead atoms. The van der Waals surface area contributed by atoms with E-state index >= 15 is 0 Å². The lowest BCUT2D eigenvalue weighted by Crippen LogP contribution is -1.97. The lowest BCUT2D eigenvalue weighted by molar-refractivity contribution is -0.384. The summed E-state index contributed by atoms with van der Waals surface area (Å²) in [5.74, 6) is 0.863. The van der Waals surface area contributed by atoms with Crippen LogP contribution < -0.4 is 4.74 Å². The molecule has 0 aliphatic heterocycles. The van der Waals surface area contributed by atoms with Gasteiger partial charge < -0.3 is 4.74 Å². The number of unbranched alkanes of at least 4 members (excludes halogenated alkanes) is 5. The molecule has 2 aromatic carbocycles. The Labute approximate surface area is 174 Å². The number of ether oxygens (including phenoxy) is 1. The second-order valence-corrected chi connectivity index (χ2v) is 7.83. The van der Waals surface area contributed by atoms with E-state index < -0.39 is 4.92 Å². The van der Waals surface area contributed by atoms with Crippen LogP contribution in [0.2, 0.25) is 0 Å². The zero-order valence-electron chi connectivity index (χ0n) is 16.5. The molecule has 0 spiro atoms. The number of non-ortho nitro benzene ring substituents is 1. The van der Waals surface area contributed by atoms with Crippen LogP contribution in [0.3, 0.4) is 0 Å². The normalized spacial score (nSPS) is 10.8. The lowest BCUT2D eigenvalue weighted by atomic mass is 10.1. The molecule has 0 aliphatic rings. The summed E-state index contributed by atoms with van der Waals surface area (Å²) >= 11 is 1.46. The molecule has 0 saturated heterocycles. The first-order valence-electron chi connectivity index (χ1n) is 9.99. The molecule has 0 unspecified atom stereocenters. The van der Waals surface area contributed by atoms with Crippen molar-refractivity contribution in [3.8, 4) is 26.9 Å². The van der Waals surface area contributed by atoms with Crippen molar-refractivity contribution in [3.63, 3.8) is 0 Å². The minimum Gasteiger partial charge on any atom is -0.494 e. The molecule has 6 nitrogen and oxygen atoms in total. The van der Waals surface area contributed by atoms with Crippen LogP contribution in [0, 0.1) is 10.1 Å². The standard InChI is InChI=1S/C22H25N3O3S/c1-2-3-4-5-6-7-16-28-20-14-10-18(11-15-20)22-24-23-21(29-22)17-8-12-19(13-9-17)25(26)27/h8-15H,2-7,16H2,1H3. The molecular weight excluding hydrogens is 386 g/mol. The number of nitro groups is 1. The van der Waals surface area contributed by atoms with E-state index in [0.717, 1.165) is 39.9 Å². The Morgan fingerprint density at radius 3 is 2.00 bits per heavy atom. The van der Waals surface area contributed by atoms with Crippen molar-refractivity contribution >= 4 is 17.0 Å². The van der Waals surface area contributed by atoms with Gasteiger partial charge in [-0.1, -0.05) is 50.4 Å². The first-order valence-corrected chi connectivity index (χ1v) is 10.8. The van der Waals surface area contributed by atoms with Gasteiger partial charge in [0.05, 0.1) is 11.5 Å². The Bertz CT molecular complexity index is 908. The summed E-state index contributed by atoms with van der Waals surface area (Å²) in [5, 5.41) is 20.8. The third-order valence-corrected chi connectivity index (χ3v) is 5.64. The molecule has 0 radical (unpaired) electrons. The monoisotopic (exact) mass is 411 g/mol. The Morgan fingerprint density at radius 1 is 0.862 bits per heavy atom. The van der Waals surface area contributed by atoms with Crippen molar-refractivity contribution in [1.29, 1.82) is 0 Å². The fraction of sp³-hybridized carbons (Fsp3) is 0.364. The highest BCUT2D eigenvalue weighted by atomic mass is 32.1. The fourth-order valence-electron chi connectivity index (χ4n) is 2.95. The van der Waals surface area contributed by atoms with Gasteiger partial charge in [-0.15, -0.1) is 10.2 Å². The quantitative estimate of drug-likeness (QED) is 0.204. The number of aromatic nitrogens is 2. The summed E-state index contributed by atoms with van der Waals surface area (Å²) in [5.41, 5.74) is 1.86. The van der Waals surface area contributed by atoms with Gasteiger partial charge in [-0.05, 0) is 42.8 Å². The van der Waals surface area contributed by atoms with Gasteiger partial charge in [-0.2, -0.15) is 0 Å². The molecule has 0 amide bonds. The molecular formula is C22H25N3O3S. The molecule has 29 heavy (non-hydrogen) atoms. The number of nitro benzene ring substituents is 1. The van der Waals surface area contributed by atoms with E-state index in [-0.39, 0.29) is 5.69 Å². The Morgan fingerprint density at radius 2 is 1.41 bits per heavy atom. The number of rotatable bonds is 11. The molecule has 3 aromatic rings. The van der Waals surface area contributed by atoms with Gasteiger partial charge in [0.25, 0.3) is 5.69 Å². The van der Waals surface area contributed by atoms with Crippen LogP contribution >= 0.6 is 11.3 Å². The van der Waals surface area contributed by atoms with Crippen molar-refractivity contribution in [1.82, 2.24) is 10.2 Å². The van der Waals surface area contributed by atoms with Gasteiger partial charge in [0.1, 0.15) is 15.8 Å². The van der Waals surface area contributed by atoms with E-state index in [1.807, 2.05) is 24.3 Å². The maximum absolute atomic E-state index is 10.8. The van der Waals surface area contributed by atoms with Crippen LogP contribution in [-0.2, 0) is 0 Å². The SMILES string of the molecule is CCCCCCCCOc1ccc(-c2nnc(-c3ccc([N+](=O)[O-])cc3)s2)cc1. The zero-order valence-corrected chi connectivity index (χ0v) is 17.4. The highest BCUT2D eigenvalue weighted by Gasteiger charge is 2.11. The van der Waals surface area contributed by atoms with Gasteiger partial charge in [-0.3, -0.25) is 10.1 Å². The van der Waals surface area contributed by atoms with E-state index in [4.69, 9.17) is 4.74 Å². The van der Waals surface area contributed by atoms with Crippen LogP contribution in [-0.4, -0.2) is 21.7 Å². The van der Waals surface area contributed by atoms with Gasteiger partial charge in [0.2, 0.25) is 0 Å². The van der Waals surface area contributed by atoms with E-state index in [1.165, 1.54) is 55.6 Å². The minimum absolute atomic E-state index is 0.0648. The average Bonchev–Trinajstić information content (AvgIpc) is 3.24. The third-order valence-electron chi connectivity index (χ3n) is 4.62. The highest BCUT2D eigenvalue weighted by molar-refractivity contribution is 7.17. The summed E-state index contributed by atoms with van der Waals surface area (Å²) in [6, 6.07) is 14.2. The predicted molar refractivity (Wildman–Crippen MR) is 116 cm³/mol. The Kier molecular flexibility index (Phi) is 7.69. The zero-order chi connectivity index (χ0) is 20.5. The molecule has 0 fully saturated rings. The van der Waals surface area contributed by atoms with Crippen molar-refractivity contribution in [2.75, 3.05) is 6.61 Å². The van der Waals surface area contributed by atoms with E-state index in [2.05, 4.69) is 17.1 Å². The van der Waals surface area contributed by atoms with E-state index in [1.54, 1.807) is 12.1 Å². The van der Waals surface area contributed by atoms with Crippen LogP contribution in [0.5, 0.6) is 5.75 Å². The molecule has 0 atom stereocenters. The van der Waals surface area contributed by atoms with Crippen molar-refractivity contribution in [2.45, 2.75) is 45.4 Å². The largest absolute Gasteiger partial charge is 0.494 e. The predicted octanol–water partition coefficient (Wildman–Crippen LogP) is 6.52. The van der Waals surface area contributed by atoms with Crippen LogP contribution in [0.25, 0.3) is 21.1 Å². The molecule has 1 aromatic heterocycles. The lowest BCUT2D eigenvalue weighted by Gasteiger charge is -2.06. The summed E-state index contributed by atoms with van der Waals surface area (Å²) in [7, 11) is 0. The summed E-state index contributed by atoms with van der Waals surface area (Å²) in [6.45, 7) is 2.97. The molecule has 0 saturated carbocycles. The number of hydrogen-bond acceptors (Lipinski definition) is 6. The molecule has 152 valence electrons. The maximum Gasteiger partial charge on any atom is 0.269 e. The van der Waals surface area contributed by atoms with Crippen LogP contribution in [0.4, 0.5) is 5.69 Å². The van der Waals surface area contributed by atoms with Gasteiger partial charge in [0, 0.05) is 23.3 Å². The third kappa shape index (κ3) is 6.09. The highest BCUT2D eigenvalue weighted by Crippen LogP contribution is 2.31. The summed E-state index contributed by atoms with van der Waals surface area (Å²) in [4.78, 5) is 10.4. The van der Waals surface area contributed by atoms with Crippen molar-refractivity contribution < 1.29 is 9.66 Å². The fourth-order valence-corrected chi connectivity index (χ4v) is 3.80. The summed E-state index contributed by atoms with van der Waals surface area (Å²) in [6.07, 6.45) is 7.49. The van der Waals surface area contributed by atoms with E-state index in [9.17, 15) is 10.1 Å². The topological polar surface area (TPSA) is 78.2 Å². The van der Waals surface area contributed by atoms with Gasteiger partial charge >= 0.3 is 0 Å². The second-order valence-electron chi connectivity index (χ2n) is 6.86. The average molecular weight is 412 g/mol. The van der Waals surface area contributed by atoms with Crippen molar-refractivity contribution in [2.24, 2.45) is 0 Å². The Hall–Kier alpha value is -2.80. The first-order chi connectivity index (χ1) is 14.2. The van der Waals surface area contributed by atoms with Crippen LogP contribution in [0.1, 0.15) is 45.4 Å². The maximum atomic E-state index is 10.8. The first kappa shape index (κ1) is 20.9. The van der Waals surface area contributed by atoms with Gasteiger partial charge in [0.15, 0.2) is 0 Å². The second kappa shape index (κ2) is 10.7. The van der Waals surface area contributed by atoms with Gasteiger partial charge in [-0.25, -0.2) is 0 Å². The number of hydrogen-bond donors (Lipinski definition) is 0. The molecule has 3 rings (SSSR count). The number of nitrogens with zero attached hydrogens (tertiary/aromatic N) is 3. The Balaban J connectivity index is 1.53. The smallest absolute Gasteiger partial charge is 0.269 e. The van der Waals surface area contributed by atoms with Crippen LogP contribution in [0.15, 0.2) is 48.5 Å².